The van der Waals surface area contributed by atoms with Crippen LogP contribution in [0.2, 0.25) is 0 Å². The van der Waals surface area contributed by atoms with E-state index in [1.807, 2.05) is 11.6 Å². The van der Waals surface area contributed by atoms with Crippen LogP contribution in [-0.4, -0.2) is 35.4 Å². The minimum atomic E-state index is -0.345. The van der Waals surface area contributed by atoms with Crippen molar-refractivity contribution >= 4 is 27.3 Å². The highest BCUT2D eigenvalue weighted by atomic mass is 32.1. The minimum absolute atomic E-state index is 0.345. The van der Waals surface area contributed by atoms with Gasteiger partial charge in [-0.15, -0.1) is 11.3 Å². The number of rotatable bonds is 2. The van der Waals surface area contributed by atoms with E-state index in [1.165, 1.54) is 37.3 Å². The second-order valence-electron chi connectivity index (χ2n) is 5.86. The number of nitrogens with two attached hydrogens (primary N) is 1. The van der Waals surface area contributed by atoms with Gasteiger partial charge < -0.3 is 10.6 Å². The smallest absolute Gasteiger partial charge is 0.250 e. The third-order valence-corrected chi connectivity index (χ3v) is 5.72. The van der Waals surface area contributed by atoms with Crippen LogP contribution in [0.3, 0.4) is 0 Å². The lowest BCUT2D eigenvalue weighted by molar-refractivity contribution is 0.0855. The van der Waals surface area contributed by atoms with Crippen molar-refractivity contribution in [3.63, 3.8) is 0 Å². The van der Waals surface area contributed by atoms with Gasteiger partial charge in [0.2, 0.25) is 5.91 Å². The standard InChI is InChI=1S/C15H17N3OS/c16-15(19)12-8-20-14-6-17-13(5-10(12)14)11-7-18-3-1-9(11)2-4-18/h5-6,8-9,11H,1-4,7H2,(H2,16,19)/t11-/m0/s1. The van der Waals surface area contributed by atoms with Crippen molar-refractivity contribution in [3.05, 3.63) is 28.9 Å². The van der Waals surface area contributed by atoms with Gasteiger partial charge in [-0.25, -0.2) is 0 Å². The number of pyridine rings is 1. The van der Waals surface area contributed by atoms with Crippen LogP contribution in [-0.2, 0) is 0 Å². The number of hydrogen-bond acceptors (Lipinski definition) is 4. The molecule has 3 aliphatic rings. The van der Waals surface area contributed by atoms with Gasteiger partial charge in [0.15, 0.2) is 0 Å². The molecule has 4 nitrogen and oxygen atoms in total. The number of aromatic nitrogens is 1. The van der Waals surface area contributed by atoms with Crippen LogP contribution >= 0.6 is 11.3 Å². The summed E-state index contributed by atoms with van der Waals surface area (Å²) in [4.78, 5) is 18.7. The molecule has 3 fully saturated rings. The fourth-order valence-corrected chi connectivity index (χ4v) is 4.54. The van der Waals surface area contributed by atoms with Crippen molar-refractivity contribution in [2.45, 2.75) is 18.8 Å². The monoisotopic (exact) mass is 287 g/mol. The van der Waals surface area contributed by atoms with E-state index in [9.17, 15) is 4.79 Å². The summed E-state index contributed by atoms with van der Waals surface area (Å²) in [5.74, 6) is 0.922. The first kappa shape index (κ1) is 12.3. The van der Waals surface area contributed by atoms with Crippen LogP contribution in [0.5, 0.6) is 0 Å². The molecule has 20 heavy (non-hydrogen) atoms. The summed E-state index contributed by atoms with van der Waals surface area (Å²) in [6, 6.07) is 2.10. The van der Waals surface area contributed by atoms with E-state index in [0.29, 0.717) is 11.5 Å². The summed E-state index contributed by atoms with van der Waals surface area (Å²) in [5, 5.41) is 2.82. The molecule has 0 saturated carbocycles. The maximum Gasteiger partial charge on any atom is 0.250 e. The lowest BCUT2D eigenvalue weighted by Gasteiger charge is -2.44. The Morgan fingerprint density at radius 2 is 2.20 bits per heavy atom. The molecule has 0 unspecified atom stereocenters. The van der Waals surface area contributed by atoms with Gasteiger partial charge in [0, 0.05) is 35.1 Å². The third-order valence-electron chi connectivity index (χ3n) is 4.78. The van der Waals surface area contributed by atoms with E-state index < -0.39 is 0 Å². The van der Waals surface area contributed by atoms with E-state index in [1.54, 1.807) is 0 Å². The van der Waals surface area contributed by atoms with Gasteiger partial charge in [-0.1, -0.05) is 0 Å². The Balaban J connectivity index is 1.76. The van der Waals surface area contributed by atoms with Gasteiger partial charge >= 0.3 is 0 Å². The van der Waals surface area contributed by atoms with Crippen molar-refractivity contribution in [1.82, 2.24) is 9.88 Å². The molecule has 2 bridgehead atoms. The Labute approximate surface area is 121 Å². The number of carbonyl (C=O) groups excluding carboxylic acids is 1. The van der Waals surface area contributed by atoms with Crippen LogP contribution in [0, 0.1) is 5.92 Å². The number of nitrogens with zero attached hydrogens (tertiary/aromatic N) is 2. The highest BCUT2D eigenvalue weighted by molar-refractivity contribution is 7.17. The van der Waals surface area contributed by atoms with E-state index in [4.69, 9.17) is 5.73 Å². The molecule has 0 aliphatic carbocycles. The summed E-state index contributed by atoms with van der Waals surface area (Å²) >= 11 is 1.54. The molecule has 3 aliphatic heterocycles. The Morgan fingerprint density at radius 3 is 2.85 bits per heavy atom. The molecule has 2 aromatic rings. The second-order valence-corrected chi connectivity index (χ2v) is 6.77. The number of thiophene rings is 1. The van der Waals surface area contributed by atoms with Crippen molar-refractivity contribution in [2.75, 3.05) is 19.6 Å². The molecule has 1 atom stereocenters. The largest absolute Gasteiger partial charge is 0.366 e. The predicted octanol–water partition coefficient (Wildman–Crippen LogP) is 2.20. The Bertz CT molecular complexity index is 673. The number of amides is 1. The molecule has 0 spiro atoms. The van der Waals surface area contributed by atoms with Crippen LogP contribution in [0.1, 0.15) is 34.8 Å². The van der Waals surface area contributed by atoms with E-state index >= 15 is 0 Å². The van der Waals surface area contributed by atoms with Gasteiger partial charge in [-0.05, 0) is 37.9 Å². The second kappa shape index (κ2) is 4.53. The zero-order chi connectivity index (χ0) is 13.7. The molecular weight excluding hydrogens is 270 g/mol. The van der Waals surface area contributed by atoms with Gasteiger partial charge in [-0.3, -0.25) is 9.78 Å². The zero-order valence-electron chi connectivity index (χ0n) is 11.2. The number of piperidine rings is 3. The third kappa shape index (κ3) is 1.84. The molecule has 0 radical (unpaired) electrons. The van der Waals surface area contributed by atoms with Crippen molar-refractivity contribution in [3.8, 4) is 0 Å². The Morgan fingerprint density at radius 1 is 1.40 bits per heavy atom. The summed E-state index contributed by atoms with van der Waals surface area (Å²) in [6.45, 7) is 3.57. The Kier molecular flexibility index (Phi) is 2.79. The molecule has 5 heteroatoms. The topological polar surface area (TPSA) is 59.2 Å². The average molecular weight is 287 g/mol. The fraction of sp³-hybridized carbons (Fsp3) is 0.467. The van der Waals surface area contributed by atoms with Gasteiger partial charge in [0.1, 0.15) is 0 Å². The van der Waals surface area contributed by atoms with Crippen molar-refractivity contribution < 1.29 is 4.79 Å². The molecular formula is C15H17N3OS. The summed E-state index contributed by atoms with van der Waals surface area (Å²) < 4.78 is 1.05. The lowest BCUT2D eigenvalue weighted by atomic mass is 9.77. The fourth-order valence-electron chi connectivity index (χ4n) is 3.64. The maximum atomic E-state index is 11.5. The molecule has 5 heterocycles. The van der Waals surface area contributed by atoms with Crippen LogP contribution in [0.4, 0.5) is 0 Å². The minimum Gasteiger partial charge on any atom is -0.366 e. The van der Waals surface area contributed by atoms with Gasteiger partial charge in [0.25, 0.3) is 0 Å². The molecule has 1 amide bonds. The van der Waals surface area contributed by atoms with E-state index in [-0.39, 0.29) is 5.91 Å². The molecule has 2 aromatic heterocycles. The van der Waals surface area contributed by atoms with E-state index in [2.05, 4.69) is 16.0 Å². The van der Waals surface area contributed by atoms with Crippen molar-refractivity contribution in [2.24, 2.45) is 11.7 Å². The first-order valence-corrected chi connectivity index (χ1v) is 7.99. The van der Waals surface area contributed by atoms with Gasteiger partial charge in [-0.2, -0.15) is 0 Å². The van der Waals surface area contributed by atoms with Crippen LogP contribution in [0.15, 0.2) is 17.6 Å². The zero-order valence-corrected chi connectivity index (χ0v) is 12.0. The summed E-state index contributed by atoms with van der Waals surface area (Å²) in [7, 11) is 0. The Hall–Kier alpha value is -1.46. The first-order valence-electron chi connectivity index (χ1n) is 7.11. The number of fused-ring (bicyclic) bond motifs is 4. The SMILES string of the molecule is NC(=O)c1csc2cnc([C@H]3CN4CCC3CC4)cc12. The lowest BCUT2D eigenvalue weighted by Crippen LogP contribution is -2.46. The van der Waals surface area contributed by atoms with Gasteiger partial charge in [0.05, 0.1) is 10.3 Å². The maximum absolute atomic E-state index is 11.5. The quantitative estimate of drug-likeness (QED) is 0.921. The number of primary amides is 1. The summed E-state index contributed by atoms with van der Waals surface area (Å²) in [5.41, 5.74) is 7.22. The predicted molar refractivity (Wildman–Crippen MR) is 80.0 cm³/mol. The molecule has 2 N–H and O–H groups in total. The molecule has 104 valence electrons. The summed E-state index contributed by atoms with van der Waals surface area (Å²) in [6.07, 6.45) is 4.45. The number of carbonyl (C=O) groups is 1. The average Bonchev–Trinajstić information content (AvgIpc) is 2.91. The molecule has 5 rings (SSSR count). The molecule has 3 saturated heterocycles. The van der Waals surface area contributed by atoms with Crippen LogP contribution < -0.4 is 5.73 Å². The normalized spacial score (nSPS) is 28.9. The van der Waals surface area contributed by atoms with Crippen molar-refractivity contribution in [1.29, 1.82) is 0 Å². The highest BCUT2D eigenvalue weighted by Crippen LogP contribution is 2.39. The van der Waals surface area contributed by atoms with Crippen LogP contribution in [0.25, 0.3) is 10.1 Å². The van der Waals surface area contributed by atoms with E-state index in [0.717, 1.165) is 28.2 Å². The molecule has 0 aromatic carbocycles. The number of hydrogen-bond donors (Lipinski definition) is 1. The first-order chi connectivity index (χ1) is 9.72. The highest BCUT2D eigenvalue weighted by Gasteiger charge is 2.35.